The van der Waals surface area contributed by atoms with Gasteiger partial charge in [0.15, 0.2) is 0 Å². The molecular formula is C17H14Cl2CoN4. The summed E-state index contributed by atoms with van der Waals surface area (Å²) in [6.07, 6.45) is 3.48. The summed E-state index contributed by atoms with van der Waals surface area (Å²) >= 11 is 0.382. The van der Waals surface area contributed by atoms with Gasteiger partial charge in [-0.05, 0) is 24.3 Å². The number of hydrazone groups is 1. The van der Waals surface area contributed by atoms with Crippen LogP contribution in [0.5, 0.6) is 0 Å². The van der Waals surface area contributed by atoms with Gasteiger partial charge in [0.05, 0.1) is 5.69 Å². The minimum atomic E-state index is 0.382. The van der Waals surface area contributed by atoms with E-state index in [0.717, 1.165) is 17.0 Å². The molecule has 1 aromatic carbocycles. The van der Waals surface area contributed by atoms with Gasteiger partial charge in [0.2, 0.25) is 0 Å². The second-order valence-electron chi connectivity index (χ2n) is 4.42. The number of rotatable bonds is 4. The van der Waals surface area contributed by atoms with E-state index >= 15 is 0 Å². The molecule has 1 N–H and O–H groups in total. The van der Waals surface area contributed by atoms with E-state index < -0.39 is 0 Å². The SMILES string of the molecule is [Cl][Co][Cl].c1ccc(/C(=N\Nc2ccccn2)c2ccccn2)cc1. The van der Waals surface area contributed by atoms with Gasteiger partial charge in [-0.15, -0.1) is 0 Å². The molecule has 0 saturated carbocycles. The summed E-state index contributed by atoms with van der Waals surface area (Å²) in [4.78, 5) is 8.58. The number of nitrogens with zero attached hydrogens (tertiary/aromatic N) is 3. The molecule has 3 aromatic rings. The molecule has 2 aromatic heterocycles. The van der Waals surface area contributed by atoms with Crippen molar-refractivity contribution in [3.05, 3.63) is 90.4 Å². The number of hydrogen-bond donors (Lipinski definition) is 1. The van der Waals surface area contributed by atoms with E-state index in [2.05, 4.69) is 20.5 Å². The van der Waals surface area contributed by atoms with Crippen molar-refractivity contribution in [2.75, 3.05) is 5.43 Å². The second-order valence-corrected chi connectivity index (χ2v) is 6.14. The van der Waals surface area contributed by atoms with Gasteiger partial charge in [-0.3, -0.25) is 10.4 Å². The molecule has 0 aliphatic heterocycles. The number of anilines is 1. The van der Waals surface area contributed by atoms with Crippen LogP contribution >= 0.6 is 20.3 Å². The fraction of sp³-hybridized carbons (Fsp3) is 0. The third-order valence-corrected chi connectivity index (χ3v) is 2.90. The van der Waals surface area contributed by atoms with E-state index in [4.69, 9.17) is 20.3 Å². The summed E-state index contributed by atoms with van der Waals surface area (Å²) < 4.78 is 0. The first-order chi connectivity index (χ1) is 11.8. The third-order valence-electron chi connectivity index (χ3n) is 2.90. The van der Waals surface area contributed by atoms with Crippen LogP contribution in [0, 0.1) is 0 Å². The molecule has 0 bridgehead atoms. The fourth-order valence-corrected chi connectivity index (χ4v) is 1.91. The summed E-state index contributed by atoms with van der Waals surface area (Å²) in [7, 11) is 9.47. The fourth-order valence-electron chi connectivity index (χ4n) is 1.91. The van der Waals surface area contributed by atoms with Crippen LogP contribution in [-0.4, -0.2) is 15.7 Å². The minimum absolute atomic E-state index is 0.382. The zero-order valence-corrected chi connectivity index (χ0v) is 15.0. The smallest absolute Gasteiger partial charge is 0.146 e. The molecule has 7 heteroatoms. The molecule has 0 aliphatic rings. The maximum absolute atomic E-state index is 4.73. The third kappa shape index (κ3) is 5.94. The number of nitrogens with one attached hydrogen (secondary N) is 1. The van der Waals surface area contributed by atoms with Gasteiger partial charge in [-0.2, -0.15) is 5.10 Å². The largest absolute Gasteiger partial charge is 0.261 e. The molecule has 0 radical (unpaired) electrons. The van der Waals surface area contributed by atoms with Gasteiger partial charge in [0, 0.05) is 18.0 Å². The molecule has 0 unspecified atom stereocenters. The van der Waals surface area contributed by atoms with Crippen LogP contribution in [0.1, 0.15) is 11.3 Å². The van der Waals surface area contributed by atoms with Gasteiger partial charge < -0.3 is 0 Å². The zero-order valence-electron chi connectivity index (χ0n) is 12.4. The number of pyridine rings is 2. The molecule has 0 saturated heterocycles. The van der Waals surface area contributed by atoms with E-state index in [0.29, 0.717) is 18.7 Å². The van der Waals surface area contributed by atoms with E-state index in [9.17, 15) is 0 Å². The Morgan fingerprint density at radius 3 is 2.04 bits per heavy atom. The first-order valence-corrected chi connectivity index (χ1v) is 9.77. The Bertz CT molecular complexity index is 699. The van der Waals surface area contributed by atoms with Crippen molar-refractivity contribution in [1.29, 1.82) is 0 Å². The predicted molar refractivity (Wildman–Crippen MR) is 95.9 cm³/mol. The van der Waals surface area contributed by atoms with Crippen LogP contribution in [0.3, 0.4) is 0 Å². The Labute approximate surface area is 155 Å². The average Bonchev–Trinajstić information content (AvgIpc) is 2.65. The van der Waals surface area contributed by atoms with E-state index in [-0.39, 0.29) is 0 Å². The Hall–Kier alpha value is -1.92. The summed E-state index contributed by atoms with van der Waals surface area (Å²) in [5.74, 6) is 0.696. The molecule has 0 atom stereocenters. The van der Waals surface area contributed by atoms with Crippen LogP contribution in [0.4, 0.5) is 5.82 Å². The first kappa shape index (κ1) is 18.4. The van der Waals surface area contributed by atoms with Crippen molar-refractivity contribution in [2.45, 2.75) is 0 Å². The normalized spacial score (nSPS) is 10.7. The first-order valence-electron chi connectivity index (χ1n) is 6.90. The van der Waals surface area contributed by atoms with Gasteiger partial charge in [0.1, 0.15) is 11.5 Å². The van der Waals surface area contributed by atoms with Crippen molar-refractivity contribution in [2.24, 2.45) is 5.10 Å². The van der Waals surface area contributed by atoms with Gasteiger partial charge in [-0.1, -0.05) is 42.5 Å². The average molecular weight is 404 g/mol. The Morgan fingerprint density at radius 2 is 1.46 bits per heavy atom. The van der Waals surface area contributed by atoms with Crippen molar-refractivity contribution < 1.29 is 12.9 Å². The Kier molecular flexibility index (Phi) is 8.27. The number of aromatic nitrogens is 2. The monoisotopic (exact) mass is 403 g/mol. The van der Waals surface area contributed by atoms with Crippen LogP contribution in [0.25, 0.3) is 0 Å². The molecular weight excluding hydrogens is 390 g/mol. The Morgan fingerprint density at radius 1 is 0.833 bits per heavy atom. The van der Waals surface area contributed by atoms with Crippen LogP contribution in [-0.2, 0) is 12.9 Å². The standard InChI is InChI=1S/C17H14N4.2ClH.Co/c1-2-8-14(9-3-1)17(15-10-4-6-12-18-15)21-20-16-11-5-7-13-19-16;;;/h1-13H,(H,19,20);2*1H;/q;;;+2/p-2/b21-17+;;;. The van der Waals surface area contributed by atoms with Crippen molar-refractivity contribution in [3.63, 3.8) is 0 Å². The molecule has 24 heavy (non-hydrogen) atoms. The van der Waals surface area contributed by atoms with Crippen molar-refractivity contribution >= 4 is 31.8 Å². The van der Waals surface area contributed by atoms with Crippen molar-refractivity contribution in [3.8, 4) is 0 Å². The molecule has 0 aliphatic carbocycles. The van der Waals surface area contributed by atoms with Crippen LogP contribution < -0.4 is 5.43 Å². The maximum Gasteiger partial charge on any atom is 0.146 e. The van der Waals surface area contributed by atoms with Crippen LogP contribution in [0.2, 0.25) is 0 Å². The number of hydrogen-bond acceptors (Lipinski definition) is 4. The summed E-state index contributed by atoms with van der Waals surface area (Å²) in [5, 5.41) is 4.48. The number of halogens is 2. The van der Waals surface area contributed by atoms with Crippen LogP contribution in [0.15, 0.2) is 84.2 Å². The molecule has 4 nitrogen and oxygen atoms in total. The Balaban J connectivity index is 0.000000647. The minimum Gasteiger partial charge on any atom is -0.261 e. The van der Waals surface area contributed by atoms with Crippen molar-refractivity contribution in [1.82, 2.24) is 9.97 Å². The molecule has 0 fully saturated rings. The van der Waals surface area contributed by atoms with Gasteiger partial charge >= 0.3 is 33.2 Å². The zero-order chi connectivity index (χ0) is 17.0. The summed E-state index contributed by atoms with van der Waals surface area (Å²) in [6.45, 7) is 0. The molecule has 2 heterocycles. The van der Waals surface area contributed by atoms with E-state index in [1.165, 1.54) is 0 Å². The molecule has 0 amide bonds. The quantitative estimate of drug-likeness (QED) is 0.506. The van der Waals surface area contributed by atoms with E-state index in [1.807, 2.05) is 66.7 Å². The second kappa shape index (κ2) is 10.8. The van der Waals surface area contributed by atoms with Gasteiger partial charge in [0.25, 0.3) is 0 Å². The molecule has 125 valence electrons. The molecule has 0 spiro atoms. The summed E-state index contributed by atoms with van der Waals surface area (Å²) in [6, 6.07) is 21.4. The molecule has 3 rings (SSSR count). The topological polar surface area (TPSA) is 50.2 Å². The maximum atomic E-state index is 4.73. The van der Waals surface area contributed by atoms with Gasteiger partial charge in [-0.25, -0.2) is 4.98 Å². The van der Waals surface area contributed by atoms with E-state index in [1.54, 1.807) is 12.4 Å². The number of benzene rings is 1. The summed E-state index contributed by atoms with van der Waals surface area (Å²) in [5.41, 5.74) is 5.57. The predicted octanol–water partition coefficient (Wildman–Crippen LogP) is 4.72.